The molecule has 17 heavy (non-hydrogen) atoms. The summed E-state index contributed by atoms with van der Waals surface area (Å²) in [4.78, 5) is 0. The molecule has 1 saturated heterocycles. The molecule has 0 aromatic rings. The average molecular weight is 241 g/mol. The Kier molecular flexibility index (Phi) is 3.81. The molecule has 0 amide bonds. The normalized spacial score (nSPS) is 42.4. The predicted molar refractivity (Wildman–Crippen MR) is 68.7 cm³/mol. The molecule has 0 aromatic heterocycles. The van der Waals surface area contributed by atoms with Crippen LogP contribution in [0.1, 0.15) is 46.0 Å². The van der Waals surface area contributed by atoms with E-state index in [1.54, 1.807) is 0 Å². The first-order chi connectivity index (χ1) is 8.06. The molecule has 3 nitrogen and oxygen atoms in total. The molecule has 3 heteroatoms. The Bertz CT molecular complexity index is 263. The minimum Gasteiger partial charge on any atom is -0.389 e. The third-order valence-corrected chi connectivity index (χ3v) is 5.58. The maximum Gasteiger partial charge on any atom is 0.0745 e. The van der Waals surface area contributed by atoms with Crippen molar-refractivity contribution in [2.45, 2.75) is 51.6 Å². The van der Waals surface area contributed by atoms with Crippen LogP contribution in [0, 0.1) is 17.3 Å². The Labute approximate surface area is 105 Å². The molecule has 2 rings (SSSR count). The summed E-state index contributed by atoms with van der Waals surface area (Å²) in [6, 6.07) is 0. The highest BCUT2D eigenvalue weighted by Gasteiger charge is 2.54. The molecule has 0 spiro atoms. The molecule has 0 radical (unpaired) electrons. The van der Waals surface area contributed by atoms with Crippen LogP contribution in [0.5, 0.6) is 0 Å². The van der Waals surface area contributed by atoms with Gasteiger partial charge in [-0.3, -0.25) is 0 Å². The molecule has 1 aliphatic heterocycles. The van der Waals surface area contributed by atoms with Gasteiger partial charge in [-0.2, -0.15) is 0 Å². The third kappa shape index (κ3) is 2.02. The summed E-state index contributed by atoms with van der Waals surface area (Å²) in [6.07, 6.45) is 5.11. The maximum atomic E-state index is 11.2. The summed E-state index contributed by atoms with van der Waals surface area (Å²) in [7, 11) is 0. The van der Waals surface area contributed by atoms with Gasteiger partial charge in [-0.1, -0.05) is 26.7 Å². The molecule has 3 N–H and O–H groups in total. The van der Waals surface area contributed by atoms with Crippen molar-refractivity contribution in [2.24, 2.45) is 23.0 Å². The van der Waals surface area contributed by atoms with Gasteiger partial charge in [-0.25, -0.2) is 0 Å². The van der Waals surface area contributed by atoms with E-state index < -0.39 is 5.60 Å². The van der Waals surface area contributed by atoms with Gasteiger partial charge in [0.1, 0.15) is 0 Å². The van der Waals surface area contributed by atoms with E-state index in [1.807, 2.05) is 0 Å². The first-order valence-electron chi connectivity index (χ1n) is 7.06. The quantitative estimate of drug-likeness (QED) is 0.776. The molecule has 1 saturated carbocycles. The number of rotatable bonds is 2. The Morgan fingerprint density at radius 1 is 1.24 bits per heavy atom. The second-order valence-corrected chi connectivity index (χ2v) is 6.18. The van der Waals surface area contributed by atoms with E-state index in [0.717, 1.165) is 38.9 Å². The van der Waals surface area contributed by atoms with Crippen molar-refractivity contribution in [1.29, 1.82) is 0 Å². The minimum absolute atomic E-state index is 0.112. The van der Waals surface area contributed by atoms with E-state index in [9.17, 15) is 5.11 Å². The lowest BCUT2D eigenvalue weighted by Crippen LogP contribution is -2.61. The number of nitrogens with two attached hydrogens (primary N) is 1. The van der Waals surface area contributed by atoms with Crippen LogP contribution in [-0.2, 0) is 4.74 Å². The van der Waals surface area contributed by atoms with Crippen LogP contribution < -0.4 is 5.73 Å². The summed E-state index contributed by atoms with van der Waals surface area (Å²) < 4.78 is 5.46. The molecule has 1 aliphatic carbocycles. The Hall–Kier alpha value is -0.120. The molecule has 0 bridgehead atoms. The summed E-state index contributed by atoms with van der Waals surface area (Å²) in [6.45, 7) is 6.56. The van der Waals surface area contributed by atoms with Crippen molar-refractivity contribution in [2.75, 3.05) is 19.8 Å². The molecule has 2 aliphatic rings. The molecule has 100 valence electrons. The van der Waals surface area contributed by atoms with Crippen molar-refractivity contribution in [1.82, 2.24) is 0 Å². The van der Waals surface area contributed by atoms with Gasteiger partial charge in [0.25, 0.3) is 0 Å². The highest BCUT2D eigenvalue weighted by atomic mass is 16.5. The highest BCUT2D eigenvalue weighted by molar-refractivity contribution is 5.05. The summed E-state index contributed by atoms with van der Waals surface area (Å²) in [5.41, 5.74) is 5.35. The molecule has 3 unspecified atom stereocenters. The van der Waals surface area contributed by atoms with Crippen molar-refractivity contribution >= 4 is 0 Å². The topological polar surface area (TPSA) is 55.5 Å². The van der Waals surface area contributed by atoms with Gasteiger partial charge in [-0.05, 0) is 31.1 Å². The standard InChI is InChI=1S/C14H27NO2/c1-11-4-3-5-14(16,12(11)2)13(10-15)6-8-17-9-7-13/h11-12,16H,3-10,15H2,1-2H3. The summed E-state index contributed by atoms with van der Waals surface area (Å²) in [5.74, 6) is 0.943. The largest absolute Gasteiger partial charge is 0.389 e. The fourth-order valence-corrected chi connectivity index (χ4v) is 3.97. The van der Waals surface area contributed by atoms with Crippen LogP contribution in [0.15, 0.2) is 0 Å². The summed E-state index contributed by atoms with van der Waals surface area (Å²) in [5, 5.41) is 11.2. The molecule has 1 heterocycles. The second kappa shape index (κ2) is 4.87. The zero-order valence-electron chi connectivity index (χ0n) is 11.2. The number of ether oxygens (including phenoxy) is 1. The Morgan fingerprint density at radius 2 is 1.88 bits per heavy atom. The van der Waals surface area contributed by atoms with E-state index >= 15 is 0 Å². The van der Waals surface area contributed by atoms with E-state index in [0.29, 0.717) is 18.4 Å². The first kappa shape index (κ1) is 13.3. The SMILES string of the molecule is CC1CCCC(O)(C2(CN)CCOCC2)C1C. The number of aliphatic hydroxyl groups is 1. The molecule has 3 atom stereocenters. The van der Waals surface area contributed by atoms with Crippen LogP contribution in [0.25, 0.3) is 0 Å². The van der Waals surface area contributed by atoms with Crippen LogP contribution >= 0.6 is 0 Å². The minimum atomic E-state index is -0.580. The number of hydrogen-bond donors (Lipinski definition) is 2. The van der Waals surface area contributed by atoms with E-state index in [1.165, 1.54) is 6.42 Å². The molecular weight excluding hydrogens is 214 g/mol. The first-order valence-corrected chi connectivity index (χ1v) is 7.06. The van der Waals surface area contributed by atoms with Crippen LogP contribution in [-0.4, -0.2) is 30.5 Å². The zero-order chi connectivity index (χ0) is 12.5. The van der Waals surface area contributed by atoms with Crippen LogP contribution in [0.2, 0.25) is 0 Å². The maximum absolute atomic E-state index is 11.2. The second-order valence-electron chi connectivity index (χ2n) is 6.18. The Balaban J connectivity index is 2.26. The predicted octanol–water partition coefficient (Wildman–Crippen LogP) is 1.93. The fourth-order valence-electron chi connectivity index (χ4n) is 3.97. The van der Waals surface area contributed by atoms with Gasteiger partial charge in [0.2, 0.25) is 0 Å². The van der Waals surface area contributed by atoms with Gasteiger partial charge < -0.3 is 15.6 Å². The number of hydrogen-bond acceptors (Lipinski definition) is 3. The van der Waals surface area contributed by atoms with Gasteiger partial charge in [-0.15, -0.1) is 0 Å². The molecule has 2 fully saturated rings. The van der Waals surface area contributed by atoms with Gasteiger partial charge in [0.15, 0.2) is 0 Å². The molecule has 0 aromatic carbocycles. The van der Waals surface area contributed by atoms with Gasteiger partial charge in [0, 0.05) is 25.2 Å². The summed E-state index contributed by atoms with van der Waals surface area (Å²) >= 11 is 0. The molecular formula is C14H27NO2. The smallest absolute Gasteiger partial charge is 0.0745 e. The van der Waals surface area contributed by atoms with Crippen molar-refractivity contribution in [3.05, 3.63) is 0 Å². The third-order valence-electron chi connectivity index (χ3n) is 5.58. The monoisotopic (exact) mass is 241 g/mol. The van der Waals surface area contributed by atoms with Crippen molar-refractivity contribution < 1.29 is 9.84 Å². The van der Waals surface area contributed by atoms with Crippen molar-refractivity contribution in [3.63, 3.8) is 0 Å². The highest BCUT2D eigenvalue weighted by Crippen LogP contribution is 2.52. The van der Waals surface area contributed by atoms with Gasteiger partial charge in [0.05, 0.1) is 5.60 Å². The lowest BCUT2D eigenvalue weighted by atomic mass is 9.55. The lowest BCUT2D eigenvalue weighted by Gasteiger charge is -2.55. The average Bonchev–Trinajstić information content (AvgIpc) is 2.36. The van der Waals surface area contributed by atoms with E-state index in [4.69, 9.17) is 10.5 Å². The fraction of sp³-hybridized carbons (Fsp3) is 1.00. The van der Waals surface area contributed by atoms with Gasteiger partial charge >= 0.3 is 0 Å². The van der Waals surface area contributed by atoms with E-state index in [2.05, 4.69) is 13.8 Å². The van der Waals surface area contributed by atoms with Crippen molar-refractivity contribution in [3.8, 4) is 0 Å². The Morgan fingerprint density at radius 3 is 2.47 bits per heavy atom. The zero-order valence-corrected chi connectivity index (χ0v) is 11.2. The lowest BCUT2D eigenvalue weighted by molar-refractivity contribution is -0.182. The van der Waals surface area contributed by atoms with Crippen LogP contribution in [0.4, 0.5) is 0 Å². The van der Waals surface area contributed by atoms with Crippen LogP contribution in [0.3, 0.4) is 0 Å². The van der Waals surface area contributed by atoms with E-state index in [-0.39, 0.29) is 5.41 Å².